The number of aliphatic carboxylic acids is 1. The Balaban J connectivity index is 0.000000479. The number of methoxy groups -OCH3 is 1. The molecular weight excluding hydrogens is 503 g/mol. The van der Waals surface area contributed by atoms with E-state index in [0.29, 0.717) is 32.6 Å². The minimum absolute atomic E-state index is 0.160. The van der Waals surface area contributed by atoms with Crippen LogP contribution in [-0.4, -0.2) is 75.4 Å². The van der Waals surface area contributed by atoms with Crippen LogP contribution in [0.15, 0.2) is 36.7 Å². The van der Waals surface area contributed by atoms with E-state index in [4.69, 9.17) is 14.6 Å². The molecule has 1 amide bonds. The number of carboxylic acid groups (broad SMARTS) is 1. The van der Waals surface area contributed by atoms with Crippen LogP contribution in [0.5, 0.6) is 5.75 Å². The second-order valence-corrected chi connectivity index (χ2v) is 9.47. The van der Waals surface area contributed by atoms with Crippen LogP contribution in [0, 0.1) is 5.41 Å². The van der Waals surface area contributed by atoms with Crippen molar-refractivity contribution < 1.29 is 41.4 Å². The lowest BCUT2D eigenvalue weighted by Crippen LogP contribution is -2.60. The molecule has 1 atom stereocenters. The van der Waals surface area contributed by atoms with Gasteiger partial charge < -0.3 is 14.7 Å². The molecule has 3 heterocycles. The molecule has 0 saturated carbocycles. The summed E-state index contributed by atoms with van der Waals surface area (Å²) in [7, 11) is 3.40. The van der Waals surface area contributed by atoms with Crippen molar-refractivity contribution in [3.05, 3.63) is 47.8 Å². The first-order valence-electron chi connectivity index (χ1n) is 11.5. The van der Waals surface area contributed by atoms with E-state index in [9.17, 15) is 26.7 Å². The third-order valence-corrected chi connectivity index (χ3v) is 6.32. The van der Waals surface area contributed by atoms with Gasteiger partial charge in [-0.3, -0.25) is 14.4 Å². The second-order valence-electron chi connectivity index (χ2n) is 9.47. The summed E-state index contributed by atoms with van der Waals surface area (Å²) in [4.78, 5) is 25.8. The predicted molar refractivity (Wildman–Crippen MR) is 122 cm³/mol. The minimum atomic E-state index is -5.08. The van der Waals surface area contributed by atoms with Crippen LogP contribution in [0.3, 0.4) is 0 Å². The Labute approximate surface area is 210 Å². The number of hydrogen-bond acceptors (Lipinski definition) is 5. The molecule has 4 rings (SSSR count). The Bertz CT molecular complexity index is 1110. The van der Waals surface area contributed by atoms with E-state index in [2.05, 4.69) is 5.10 Å². The number of aromatic nitrogens is 2. The van der Waals surface area contributed by atoms with Crippen molar-refractivity contribution in [2.24, 2.45) is 12.5 Å². The number of carbonyl (C=O) groups excluding carboxylic acids is 1. The van der Waals surface area contributed by atoms with E-state index in [0.717, 1.165) is 23.3 Å². The van der Waals surface area contributed by atoms with Crippen molar-refractivity contribution in [3.8, 4) is 5.75 Å². The first-order valence-corrected chi connectivity index (χ1v) is 11.5. The fourth-order valence-corrected chi connectivity index (χ4v) is 4.95. The summed E-state index contributed by atoms with van der Waals surface area (Å²) in [5, 5.41) is 11.3. The Morgan fingerprint density at radius 1 is 1.19 bits per heavy atom. The summed E-state index contributed by atoms with van der Waals surface area (Å²) in [5.41, 5.74) is 0.775. The zero-order valence-corrected chi connectivity index (χ0v) is 20.5. The molecular formula is C24H29F5N4O4. The number of nitrogens with zero attached hydrogens (tertiary/aromatic N) is 4. The van der Waals surface area contributed by atoms with Crippen LogP contribution in [0.1, 0.15) is 30.4 Å². The molecule has 1 N–H and O–H groups in total. The van der Waals surface area contributed by atoms with E-state index in [1.807, 2.05) is 30.5 Å². The molecule has 2 aromatic rings. The third kappa shape index (κ3) is 7.40. The fourth-order valence-electron chi connectivity index (χ4n) is 4.95. The molecule has 37 heavy (non-hydrogen) atoms. The van der Waals surface area contributed by atoms with E-state index >= 15 is 0 Å². The number of likely N-dealkylation sites (tertiary alicyclic amines) is 2. The quantitative estimate of drug-likeness (QED) is 0.591. The Morgan fingerprint density at radius 3 is 2.49 bits per heavy atom. The van der Waals surface area contributed by atoms with Gasteiger partial charge in [-0.2, -0.15) is 18.3 Å². The normalized spacial score (nSPS) is 21.9. The molecule has 13 heteroatoms. The molecule has 204 valence electrons. The van der Waals surface area contributed by atoms with E-state index in [1.165, 1.54) is 0 Å². The number of amides is 1. The van der Waals surface area contributed by atoms with Gasteiger partial charge in [-0.1, -0.05) is 12.1 Å². The molecule has 0 radical (unpaired) electrons. The second kappa shape index (κ2) is 11.0. The summed E-state index contributed by atoms with van der Waals surface area (Å²) in [6.07, 6.45) is -0.711. The van der Waals surface area contributed by atoms with Gasteiger partial charge in [0.2, 0.25) is 5.91 Å². The number of carboxylic acids is 1. The minimum Gasteiger partial charge on any atom is -0.497 e. The highest BCUT2D eigenvalue weighted by Crippen LogP contribution is 2.45. The number of aryl methyl sites for hydroxylation is 1. The van der Waals surface area contributed by atoms with Crippen molar-refractivity contribution in [1.29, 1.82) is 0 Å². The van der Waals surface area contributed by atoms with Crippen LogP contribution >= 0.6 is 0 Å². The maximum Gasteiger partial charge on any atom is 0.490 e. The van der Waals surface area contributed by atoms with Crippen molar-refractivity contribution in [2.45, 2.75) is 44.5 Å². The van der Waals surface area contributed by atoms with Gasteiger partial charge in [0, 0.05) is 51.4 Å². The highest BCUT2D eigenvalue weighted by Gasteiger charge is 2.55. The SMILES string of the molecule is COc1cccc(CN2CCCC3(CN(Cc4cnn(C)c4)CC(F)(F)C3)C2=O)c1.O=C(O)C(F)(F)F. The number of ether oxygens (including phenoxy) is 1. The Kier molecular flexibility index (Phi) is 8.45. The molecule has 1 spiro atoms. The third-order valence-electron chi connectivity index (χ3n) is 6.32. The fraction of sp³-hybridized carbons (Fsp3) is 0.542. The zero-order chi connectivity index (χ0) is 27.4. The summed E-state index contributed by atoms with van der Waals surface area (Å²) >= 11 is 0. The summed E-state index contributed by atoms with van der Waals surface area (Å²) in [6, 6.07) is 7.55. The van der Waals surface area contributed by atoms with E-state index in [-0.39, 0.29) is 18.9 Å². The average molecular weight is 533 g/mol. The van der Waals surface area contributed by atoms with Gasteiger partial charge in [0.1, 0.15) is 5.75 Å². The van der Waals surface area contributed by atoms with Crippen LogP contribution in [0.2, 0.25) is 0 Å². The predicted octanol–water partition coefficient (Wildman–Crippen LogP) is 3.71. The molecule has 1 aromatic heterocycles. The van der Waals surface area contributed by atoms with Crippen LogP contribution in [0.4, 0.5) is 22.0 Å². The van der Waals surface area contributed by atoms with Gasteiger partial charge in [0.25, 0.3) is 5.92 Å². The molecule has 2 aliphatic heterocycles. The highest BCUT2D eigenvalue weighted by atomic mass is 19.4. The maximum atomic E-state index is 14.8. The lowest BCUT2D eigenvalue weighted by atomic mass is 9.71. The zero-order valence-electron chi connectivity index (χ0n) is 20.5. The number of carbonyl (C=O) groups is 2. The average Bonchev–Trinajstić information content (AvgIpc) is 3.20. The first-order chi connectivity index (χ1) is 17.2. The number of alkyl halides is 5. The van der Waals surface area contributed by atoms with Crippen molar-refractivity contribution in [1.82, 2.24) is 19.6 Å². The van der Waals surface area contributed by atoms with Gasteiger partial charge in [-0.15, -0.1) is 0 Å². The van der Waals surface area contributed by atoms with Gasteiger partial charge in [0.05, 0.1) is 25.3 Å². The lowest BCUT2D eigenvalue weighted by molar-refractivity contribution is -0.192. The smallest absolute Gasteiger partial charge is 0.490 e. The Morgan fingerprint density at radius 2 is 1.89 bits per heavy atom. The lowest BCUT2D eigenvalue weighted by Gasteiger charge is -2.49. The van der Waals surface area contributed by atoms with Crippen molar-refractivity contribution >= 4 is 11.9 Å². The monoisotopic (exact) mass is 532 g/mol. The molecule has 2 saturated heterocycles. The molecule has 1 aromatic carbocycles. The highest BCUT2D eigenvalue weighted by molar-refractivity contribution is 5.84. The molecule has 1 unspecified atom stereocenters. The molecule has 0 bridgehead atoms. The first kappa shape index (κ1) is 28.4. The summed E-state index contributed by atoms with van der Waals surface area (Å²) in [6.45, 7) is 1.39. The van der Waals surface area contributed by atoms with Crippen LogP contribution < -0.4 is 4.74 Å². The van der Waals surface area contributed by atoms with Gasteiger partial charge >= 0.3 is 12.1 Å². The van der Waals surface area contributed by atoms with Crippen molar-refractivity contribution in [3.63, 3.8) is 0 Å². The van der Waals surface area contributed by atoms with Gasteiger partial charge in [-0.25, -0.2) is 13.6 Å². The molecule has 0 aliphatic carbocycles. The molecule has 2 fully saturated rings. The maximum absolute atomic E-state index is 14.8. The number of halogens is 5. The molecule has 8 nitrogen and oxygen atoms in total. The van der Waals surface area contributed by atoms with Gasteiger partial charge in [0.15, 0.2) is 0 Å². The number of piperidine rings is 2. The number of benzene rings is 1. The molecule has 2 aliphatic rings. The van der Waals surface area contributed by atoms with Crippen molar-refractivity contribution in [2.75, 3.05) is 26.7 Å². The standard InChI is InChI=1S/C22H28F2N4O2.C2HF3O2/c1-26-11-18(10-25-26)12-27-15-21(14-22(23,24)16-27)7-4-8-28(20(21)29)13-17-5-3-6-19(9-17)30-2;3-2(4,5)1(6)7/h3,5-6,9-11H,4,7-8,12-16H2,1-2H3;(H,6,7). The van der Waals surface area contributed by atoms with Crippen LogP contribution in [-0.2, 0) is 29.7 Å². The van der Waals surface area contributed by atoms with E-state index in [1.54, 1.807) is 34.8 Å². The topological polar surface area (TPSA) is 87.9 Å². The largest absolute Gasteiger partial charge is 0.497 e. The Hall–Kier alpha value is -3.22. The number of hydrogen-bond donors (Lipinski definition) is 1. The van der Waals surface area contributed by atoms with Crippen LogP contribution in [0.25, 0.3) is 0 Å². The van der Waals surface area contributed by atoms with E-state index < -0.39 is 23.5 Å². The van der Waals surface area contributed by atoms with Gasteiger partial charge in [-0.05, 0) is 30.5 Å². The number of rotatable bonds is 5. The summed E-state index contributed by atoms with van der Waals surface area (Å²) < 4.78 is 68.2. The summed E-state index contributed by atoms with van der Waals surface area (Å²) in [5.74, 6) is -5.09.